The average Bonchev–Trinajstić information content (AvgIpc) is 3.27. The van der Waals surface area contributed by atoms with Crippen molar-refractivity contribution in [2.24, 2.45) is 0 Å². The van der Waals surface area contributed by atoms with Crippen LogP contribution >= 0.6 is 23.4 Å². The van der Waals surface area contributed by atoms with Gasteiger partial charge < -0.3 is 14.3 Å². The molecule has 0 N–H and O–H groups in total. The van der Waals surface area contributed by atoms with Crippen LogP contribution in [0.3, 0.4) is 0 Å². The summed E-state index contributed by atoms with van der Waals surface area (Å²) < 4.78 is 5.21. The number of pyridine rings is 1. The fraction of sp³-hybridized carbons (Fsp3) is 0.333. The Bertz CT molecular complexity index is 1000. The third-order valence-corrected chi connectivity index (χ3v) is 6.18. The van der Waals surface area contributed by atoms with E-state index in [1.54, 1.807) is 6.20 Å². The van der Waals surface area contributed by atoms with E-state index in [4.69, 9.17) is 16.1 Å². The van der Waals surface area contributed by atoms with Gasteiger partial charge in [-0.1, -0.05) is 35.4 Å². The first-order valence-electron chi connectivity index (χ1n) is 9.83. The molecule has 3 aromatic rings. The van der Waals surface area contributed by atoms with E-state index in [0.717, 1.165) is 34.4 Å². The lowest BCUT2D eigenvalue weighted by Gasteiger charge is -2.36. The van der Waals surface area contributed by atoms with E-state index in [0.29, 0.717) is 37.0 Å². The molecule has 1 aliphatic rings. The van der Waals surface area contributed by atoms with Crippen molar-refractivity contribution in [2.75, 3.05) is 36.8 Å². The van der Waals surface area contributed by atoms with Crippen LogP contribution in [0, 0.1) is 0 Å². The lowest BCUT2D eigenvalue weighted by atomic mass is 10.2. The summed E-state index contributed by atoms with van der Waals surface area (Å²) in [7, 11) is 0. The van der Waals surface area contributed by atoms with E-state index in [-0.39, 0.29) is 5.91 Å². The number of carbonyl (C=O) groups is 1. The van der Waals surface area contributed by atoms with Crippen LogP contribution in [0.25, 0.3) is 11.4 Å². The second kappa shape index (κ2) is 9.49. The molecule has 3 heterocycles. The third kappa shape index (κ3) is 4.76. The number of halogens is 1. The summed E-state index contributed by atoms with van der Waals surface area (Å²) in [6.45, 7) is 4.95. The van der Waals surface area contributed by atoms with Gasteiger partial charge in [-0.05, 0) is 36.4 Å². The number of aromatic nitrogens is 3. The normalized spacial score (nSPS) is 14.2. The molecule has 0 saturated carbocycles. The molecule has 2 aromatic heterocycles. The first-order chi connectivity index (χ1) is 14.6. The minimum atomic E-state index is 0.106. The van der Waals surface area contributed by atoms with E-state index in [2.05, 4.69) is 20.0 Å². The summed E-state index contributed by atoms with van der Waals surface area (Å²) in [5.41, 5.74) is 1.91. The molecule has 1 fully saturated rings. The summed E-state index contributed by atoms with van der Waals surface area (Å²) in [5, 5.41) is 5.49. The highest BCUT2D eigenvalue weighted by atomic mass is 35.5. The Balaban J connectivity index is 1.34. The largest absolute Gasteiger partial charge is 0.368 e. The summed E-state index contributed by atoms with van der Waals surface area (Å²) in [6, 6.07) is 11.5. The third-order valence-electron chi connectivity index (χ3n) is 4.94. The van der Waals surface area contributed by atoms with Gasteiger partial charge in [-0.15, -0.1) is 0 Å². The fourth-order valence-electron chi connectivity index (χ4n) is 3.27. The minimum Gasteiger partial charge on any atom is -0.368 e. The number of nitrogens with zero attached hydrogens (tertiary/aromatic N) is 5. The van der Waals surface area contributed by atoms with Gasteiger partial charge in [0.1, 0.15) is 5.03 Å². The van der Waals surface area contributed by atoms with Crippen molar-refractivity contribution in [2.45, 2.75) is 18.4 Å². The number of carbonyl (C=O) groups excluding carboxylic acids is 1. The number of piperazine rings is 1. The number of thioether (sulfide) groups is 1. The maximum absolute atomic E-state index is 12.7. The highest BCUT2D eigenvalue weighted by Crippen LogP contribution is 2.28. The Labute approximate surface area is 184 Å². The van der Waals surface area contributed by atoms with Crippen molar-refractivity contribution in [3.05, 3.63) is 53.5 Å². The molecule has 30 heavy (non-hydrogen) atoms. The quantitative estimate of drug-likeness (QED) is 0.536. The maximum Gasteiger partial charge on any atom is 0.233 e. The van der Waals surface area contributed by atoms with Crippen molar-refractivity contribution in [1.29, 1.82) is 0 Å². The standard InChI is InChI=1S/C21H22ClN5O2S/c1-2-18-24-20(25-29-18)17-4-3-9-23-21(17)30-14-19(28)27-12-10-26(11-13-27)16-7-5-15(22)6-8-16/h3-9H,2,10-14H2,1H3. The van der Waals surface area contributed by atoms with Gasteiger partial charge in [0.25, 0.3) is 0 Å². The molecule has 0 spiro atoms. The Morgan fingerprint density at radius 2 is 1.93 bits per heavy atom. The number of amides is 1. The zero-order chi connectivity index (χ0) is 20.9. The number of anilines is 1. The molecule has 0 aliphatic carbocycles. The smallest absolute Gasteiger partial charge is 0.233 e. The van der Waals surface area contributed by atoms with Gasteiger partial charge in [0, 0.05) is 49.5 Å². The van der Waals surface area contributed by atoms with E-state index in [1.165, 1.54) is 11.8 Å². The van der Waals surface area contributed by atoms with Gasteiger partial charge in [0.05, 0.1) is 11.3 Å². The molecule has 1 amide bonds. The van der Waals surface area contributed by atoms with E-state index in [9.17, 15) is 4.79 Å². The summed E-state index contributed by atoms with van der Waals surface area (Å²) in [6.07, 6.45) is 2.39. The van der Waals surface area contributed by atoms with Crippen LogP contribution in [0.15, 0.2) is 52.1 Å². The van der Waals surface area contributed by atoms with Crippen molar-refractivity contribution in [1.82, 2.24) is 20.0 Å². The molecular formula is C21H22ClN5O2S. The summed E-state index contributed by atoms with van der Waals surface area (Å²) in [4.78, 5) is 25.7. The molecule has 156 valence electrons. The second-order valence-electron chi connectivity index (χ2n) is 6.85. The molecule has 0 atom stereocenters. The zero-order valence-corrected chi connectivity index (χ0v) is 18.2. The second-order valence-corrected chi connectivity index (χ2v) is 8.25. The number of hydrogen-bond acceptors (Lipinski definition) is 7. The number of rotatable bonds is 6. The van der Waals surface area contributed by atoms with Crippen LogP contribution in [-0.2, 0) is 11.2 Å². The van der Waals surface area contributed by atoms with Crippen LogP contribution in [-0.4, -0.2) is 57.9 Å². The van der Waals surface area contributed by atoms with E-state index >= 15 is 0 Å². The molecule has 9 heteroatoms. The van der Waals surface area contributed by atoms with Crippen LogP contribution in [0.2, 0.25) is 5.02 Å². The topological polar surface area (TPSA) is 75.4 Å². The fourth-order valence-corrected chi connectivity index (χ4v) is 4.29. The van der Waals surface area contributed by atoms with E-state index in [1.807, 2.05) is 48.2 Å². The van der Waals surface area contributed by atoms with Crippen molar-refractivity contribution < 1.29 is 9.32 Å². The molecule has 1 saturated heterocycles. The first-order valence-corrected chi connectivity index (χ1v) is 11.2. The lowest BCUT2D eigenvalue weighted by Crippen LogP contribution is -2.49. The van der Waals surface area contributed by atoms with Crippen molar-refractivity contribution in [3.63, 3.8) is 0 Å². The summed E-state index contributed by atoms with van der Waals surface area (Å²) >= 11 is 7.37. The van der Waals surface area contributed by atoms with Gasteiger partial charge in [-0.25, -0.2) is 4.98 Å². The SMILES string of the molecule is CCc1nc(-c2cccnc2SCC(=O)N2CCN(c3ccc(Cl)cc3)CC2)no1. The lowest BCUT2D eigenvalue weighted by molar-refractivity contribution is -0.128. The Hall–Kier alpha value is -2.58. The van der Waals surface area contributed by atoms with Gasteiger partial charge in [-0.2, -0.15) is 4.98 Å². The highest BCUT2D eigenvalue weighted by molar-refractivity contribution is 8.00. The van der Waals surface area contributed by atoms with Gasteiger partial charge in [0.2, 0.25) is 17.6 Å². The van der Waals surface area contributed by atoms with Gasteiger partial charge >= 0.3 is 0 Å². The molecule has 1 aliphatic heterocycles. The van der Waals surface area contributed by atoms with Crippen molar-refractivity contribution in [3.8, 4) is 11.4 Å². The number of benzene rings is 1. The van der Waals surface area contributed by atoms with Crippen molar-refractivity contribution >= 4 is 35.0 Å². The summed E-state index contributed by atoms with van der Waals surface area (Å²) in [5.74, 6) is 1.52. The molecule has 0 radical (unpaired) electrons. The van der Waals surface area contributed by atoms with Crippen LogP contribution in [0.4, 0.5) is 5.69 Å². The van der Waals surface area contributed by atoms with Crippen LogP contribution in [0.1, 0.15) is 12.8 Å². The molecule has 0 bridgehead atoms. The number of hydrogen-bond donors (Lipinski definition) is 0. The van der Waals surface area contributed by atoms with Gasteiger partial charge in [-0.3, -0.25) is 4.79 Å². The monoisotopic (exact) mass is 443 g/mol. The Morgan fingerprint density at radius 3 is 2.63 bits per heavy atom. The van der Waals surface area contributed by atoms with E-state index < -0.39 is 0 Å². The zero-order valence-electron chi connectivity index (χ0n) is 16.6. The molecule has 0 unspecified atom stereocenters. The highest BCUT2D eigenvalue weighted by Gasteiger charge is 2.22. The minimum absolute atomic E-state index is 0.106. The molecule has 7 nitrogen and oxygen atoms in total. The Kier molecular flexibility index (Phi) is 6.54. The predicted molar refractivity (Wildman–Crippen MR) is 118 cm³/mol. The number of aryl methyl sites for hydroxylation is 1. The maximum atomic E-state index is 12.7. The predicted octanol–water partition coefficient (Wildman–Crippen LogP) is 3.79. The molecular weight excluding hydrogens is 422 g/mol. The Morgan fingerprint density at radius 1 is 1.17 bits per heavy atom. The molecule has 4 rings (SSSR count). The first kappa shape index (κ1) is 20.7. The average molecular weight is 444 g/mol. The van der Waals surface area contributed by atoms with Gasteiger partial charge in [0.15, 0.2) is 0 Å². The van der Waals surface area contributed by atoms with Crippen LogP contribution in [0.5, 0.6) is 0 Å². The molecule has 1 aromatic carbocycles. The van der Waals surface area contributed by atoms with Crippen LogP contribution < -0.4 is 4.90 Å².